The van der Waals surface area contributed by atoms with Gasteiger partial charge in [0.2, 0.25) is 0 Å². The van der Waals surface area contributed by atoms with E-state index in [1.165, 1.54) is 18.5 Å². The Kier molecular flexibility index (Phi) is 3.56. The van der Waals surface area contributed by atoms with Gasteiger partial charge in [0.05, 0.1) is 13.2 Å². The minimum Gasteiger partial charge on any atom is -0.378 e. The molecule has 1 fully saturated rings. The number of hydrogen-bond acceptors (Lipinski definition) is 3. The van der Waals surface area contributed by atoms with E-state index in [1.807, 2.05) is 0 Å². The fourth-order valence-electron chi connectivity index (χ4n) is 2.19. The Balaban J connectivity index is 1.76. The maximum atomic E-state index is 5.45. The highest BCUT2D eigenvalue weighted by Crippen LogP contribution is 2.09. The number of rotatable bonds is 2. The Hall–Kier alpha value is -0.380. The molecule has 2 aliphatic rings. The maximum Gasteiger partial charge on any atom is 0.0632 e. The SMILES string of the molecule is CC1=CCCN(CC2COCCN2)C1. The van der Waals surface area contributed by atoms with Crippen molar-refractivity contribution >= 4 is 0 Å². The van der Waals surface area contributed by atoms with Crippen molar-refractivity contribution in [3.8, 4) is 0 Å². The van der Waals surface area contributed by atoms with Gasteiger partial charge in [-0.3, -0.25) is 4.90 Å². The maximum absolute atomic E-state index is 5.45. The molecule has 0 saturated carbocycles. The van der Waals surface area contributed by atoms with Crippen LogP contribution in [0.25, 0.3) is 0 Å². The summed E-state index contributed by atoms with van der Waals surface area (Å²) in [5.41, 5.74) is 1.51. The van der Waals surface area contributed by atoms with Gasteiger partial charge in [-0.05, 0) is 13.3 Å². The van der Waals surface area contributed by atoms with Crippen molar-refractivity contribution in [2.24, 2.45) is 0 Å². The molecule has 1 N–H and O–H groups in total. The molecule has 0 aromatic rings. The summed E-state index contributed by atoms with van der Waals surface area (Å²) in [6, 6.07) is 0.537. The van der Waals surface area contributed by atoms with Crippen molar-refractivity contribution in [1.82, 2.24) is 10.2 Å². The van der Waals surface area contributed by atoms with Crippen LogP contribution in [0, 0.1) is 0 Å². The second-order valence-electron chi connectivity index (χ2n) is 4.30. The largest absolute Gasteiger partial charge is 0.378 e. The van der Waals surface area contributed by atoms with Gasteiger partial charge in [0.1, 0.15) is 0 Å². The molecule has 2 aliphatic heterocycles. The van der Waals surface area contributed by atoms with Crippen LogP contribution in [0.4, 0.5) is 0 Å². The second-order valence-corrected chi connectivity index (χ2v) is 4.30. The fraction of sp³-hybridized carbons (Fsp3) is 0.818. The van der Waals surface area contributed by atoms with E-state index in [9.17, 15) is 0 Å². The summed E-state index contributed by atoms with van der Waals surface area (Å²) in [4.78, 5) is 2.52. The molecule has 14 heavy (non-hydrogen) atoms. The van der Waals surface area contributed by atoms with Crippen LogP contribution in [0.5, 0.6) is 0 Å². The molecule has 0 spiro atoms. The fourth-order valence-corrected chi connectivity index (χ4v) is 2.19. The molecule has 1 unspecified atom stereocenters. The number of ether oxygens (including phenoxy) is 1. The van der Waals surface area contributed by atoms with Gasteiger partial charge in [0.25, 0.3) is 0 Å². The van der Waals surface area contributed by atoms with Crippen molar-refractivity contribution < 1.29 is 4.74 Å². The van der Waals surface area contributed by atoms with Crippen molar-refractivity contribution in [1.29, 1.82) is 0 Å². The van der Waals surface area contributed by atoms with Crippen LogP contribution in [-0.2, 0) is 4.74 Å². The summed E-state index contributed by atoms with van der Waals surface area (Å²) in [7, 11) is 0. The van der Waals surface area contributed by atoms with Crippen molar-refractivity contribution in [2.45, 2.75) is 19.4 Å². The van der Waals surface area contributed by atoms with Gasteiger partial charge >= 0.3 is 0 Å². The standard InChI is InChI=1S/C11H20N2O/c1-10-3-2-5-13(7-10)8-11-9-14-6-4-12-11/h3,11-12H,2,4-9H2,1H3. The zero-order valence-electron chi connectivity index (χ0n) is 8.96. The molecule has 1 saturated heterocycles. The first-order valence-corrected chi connectivity index (χ1v) is 5.54. The number of morpholine rings is 1. The molecule has 0 amide bonds. The molecule has 2 heterocycles. The quantitative estimate of drug-likeness (QED) is 0.656. The van der Waals surface area contributed by atoms with E-state index in [0.717, 1.165) is 32.8 Å². The van der Waals surface area contributed by atoms with Gasteiger partial charge in [-0.1, -0.05) is 11.6 Å². The summed E-state index contributed by atoms with van der Waals surface area (Å²) in [5, 5.41) is 3.50. The monoisotopic (exact) mass is 196 g/mol. The average molecular weight is 196 g/mol. The number of nitrogens with zero attached hydrogens (tertiary/aromatic N) is 1. The third kappa shape index (κ3) is 2.80. The molecule has 1 atom stereocenters. The number of nitrogens with one attached hydrogen (secondary N) is 1. The van der Waals surface area contributed by atoms with Crippen molar-refractivity contribution in [3.63, 3.8) is 0 Å². The van der Waals surface area contributed by atoms with Gasteiger partial charge in [-0.25, -0.2) is 0 Å². The Bertz CT molecular complexity index is 209. The predicted molar refractivity (Wildman–Crippen MR) is 57.4 cm³/mol. The molecule has 80 valence electrons. The molecule has 0 radical (unpaired) electrons. The highest BCUT2D eigenvalue weighted by Gasteiger charge is 2.18. The second kappa shape index (κ2) is 4.91. The van der Waals surface area contributed by atoms with E-state index in [1.54, 1.807) is 0 Å². The lowest BCUT2D eigenvalue weighted by atomic mass is 10.1. The number of hydrogen-bond donors (Lipinski definition) is 1. The van der Waals surface area contributed by atoms with E-state index in [4.69, 9.17) is 4.74 Å². The van der Waals surface area contributed by atoms with Gasteiger partial charge < -0.3 is 10.1 Å². The van der Waals surface area contributed by atoms with Crippen LogP contribution >= 0.6 is 0 Å². The first-order chi connectivity index (χ1) is 6.84. The zero-order valence-corrected chi connectivity index (χ0v) is 8.96. The molecule has 2 rings (SSSR count). The molecule has 0 bridgehead atoms. The Morgan fingerprint density at radius 2 is 2.57 bits per heavy atom. The Morgan fingerprint density at radius 3 is 3.29 bits per heavy atom. The third-order valence-electron chi connectivity index (χ3n) is 2.89. The van der Waals surface area contributed by atoms with E-state index in [-0.39, 0.29) is 0 Å². The topological polar surface area (TPSA) is 24.5 Å². The van der Waals surface area contributed by atoms with E-state index in [0.29, 0.717) is 6.04 Å². The lowest BCUT2D eigenvalue weighted by Crippen LogP contribution is -2.49. The van der Waals surface area contributed by atoms with Crippen LogP contribution in [0.2, 0.25) is 0 Å². The van der Waals surface area contributed by atoms with Gasteiger partial charge in [0, 0.05) is 32.2 Å². The first-order valence-electron chi connectivity index (χ1n) is 5.54. The summed E-state index contributed by atoms with van der Waals surface area (Å²) in [6.45, 7) is 8.44. The predicted octanol–water partition coefficient (Wildman–Crippen LogP) is 0.627. The van der Waals surface area contributed by atoms with Crippen LogP contribution in [0.15, 0.2) is 11.6 Å². The van der Waals surface area contributed by atoms with Crippen molar-refractivity contribution in [2.75, 3.05) is 39.4 Å². The van der Waals surface area contributed by atoms with Gasteiger partial charge in [0.15, 0.2) is 0 Å². The summed E-state index contributed by atoms with van der Waals surface area (Å²) >= 11 is 0. The Morgan fingerprint density at radius 1 is 1.64 bits per heavy atom. The van der Waals surface area contributed by atoms with Crippen molar-refractivity contribution in [3.05, 3.63) is 11.6 Å². The van der Waals surface area contributed by atoms with E-state index >= 15 is 0 Å². The average Bonchev–Trinajstić information content (AvgIpc) is 2.19. The molecule has 3 nitrogen and oxygen atoms in total. The lowest BCUT2D eigenvalue weighted by Gasteiger charge is -2.32. The van der Waals surface area contributed by atoms with E-state index < -0.39 is 0 Å². The summed E-state index contributed by atoms with van der Waals surface area (Å²) < 4.78 is 5.45. The summed E-state index contributed by atoms with van der Waals surface area (Å²) in [6.07, 6.45) is 3.56. The van der Waals surface area contributed by atoms with Crippen LogP contribution < -0.4 is 5.32 Å². The van der Waals surface area contributed by atoms with Gasteiger partial charge in [-0.15, -0.1) is 0 Å². The molecular formula is C11H20N2O. The Labute approximate surface area is 86.1 Å². The van der Waals surface area contributed by atoms with Crippen LogP contribution in [0.3, 0.4) is 0 Å². The highest BCUT2D eigenvalue weighted by molar-refractivity contribution is 5.04. The van der Waals surface area contributed by atoms with Crippen LogP contribution in [0.1, 0.15) is 13.3 Å². The third-order valence-corrected chi connectivity index (χ3v) is 2.89. The lowest BCUT2D eigenvalue weighted by molar-refractivity contribution is 0.0628. The van der Waals surface area contributed by atoms with Crippen LogP contribution in [-0.4, -0.2) is 50.3 Å². The van der Waals surface area contributed by atoms with E-state index in [2.05, 4.69) is 23.2 Å². The molecular weight excluding hydrogens is 176 g/mol. The van der Waals surface area contributed by atoms with Gasteiger partial charge in [-0.2, -0.15) is 0 Å². The minimum absolute atomic E-state index is 0.537. The zero-order chi connectivity index (χ0) is 9.80. The normalized spacial score (nSPS) is 30.1. The summed E-state index contributed by atoms with van der Waals surface area (Å²) in [5.74, 6) is 0. The highest BCUT2D eigenvalue weighted by atomic mass is 16.5. The smallest absolute Gasteiger partial charge is 0.0632 e. The molecule has 0 aromatic carbocycles. The molecule has 0 aliphatic carbocycles. The minimum atomic E-state index is 0.537. The molecule has 3 heteroatoms. The molecule has 0 aromatic heterocycles. The first kappa shape index (κ1) is 10.1.